The molecule has 0 spiro atoms. The third-order valence-electron chi connectivity index (χ3n) is 2.81. The molecule has 0 bridgehead atoms. The quantitative estimate of drug-likeness (QED) is 0.790. The van der Waals surface area contributed by atoms with Gasteiger partial charge in [0.2, 0.25) is 15.9 Å². The summed E-state index contributed by atoms with van der Waals surface area (Å²) in [6, 6.07) is 6.92. The first kappa shape index (κ1) is 18.2. The molecule has 0 aromatic heterocycles. The molecule has 1 rings (SSSR count). The number of hydrogen-bond donors (Lipinski definition) is 2. The number of carbonyl (C=O) groups is 1. The van der Waals surface area contributed by atoms with Crippen molar-refractivity contribution in [3.8, 4) is 0 Å². The Bertz CT molecular complexity index is 626. The SMILES string of the molecule is CCS(=O)(=O)Nc1ccc(CNC(=O)C=CC(C)(C)C)cc1. The summed E-state index contributed by atoms with van der Waals surface area (Å²) in [6.07, 6.45) is 3.38. The second-order valence-corrected chi connectivity index (χ2v) is 8.13. The van der Waals surface area contributed by atoms with Crippen molar-refractivity contribution in [2.75, 3.05) is 10.5 Å². The molecular weight excluding hydrogens is 300 g/mol. The number of nitrogens with one attached hydrogen (secondary N) is 2. The van der Waals surface area contributed by atoms with E-state index in [9.17, 15) is 13.2 Å². The molecule has 0 atom stereocenters. The molecule has 5 nitrogen and oxygen atoms in total. The zero-order valence-corrected chi connectivity index (χ0v) is 14.3. The van der Waals surface area contributed by atoms with Crippen LogP contribution < -0.4 is 10.0 Å². The van der Waals surface area contributed by atoms with E-state index in [1.807, 2.05) is 26.8 Å². The van der Waals surface area contributed by atoms with Crippen LogP contribution in [0.5, 0.6) is 0 Å². The topological polar surface area (TPSA) is 75.3 Å². The Morgan fingerprint density at radius 2 is 1.77 bits per heavy atom. The van der Waals surface area contributed by atoms with Gasteiger partial charge in [-0.1, -0.05) is 39.0 Å². The molecule has 0 aliphatic rings. The maximum absolute atomic E-state index is 11.7. The van der Waals surface area contributed by atoms with Crippen LogP contribution in [0.4, 0.5) is 5.69 Å². The van der Waals surface area contributed by atoms with Gasteiger partial charge in [-0.3, -0.25) is 9.52 Å². The molecule has 0 aliphatic heterocycles. The van der Waals surface area contributed by atoms with Gasteiger partial charge in [0.05, 0.1) is 5.75 Å². The highest BCUT2D eigenvalue weighted by Crippen LogP contribution is 2.14. The lowest BCUT2D eigenvalue weighted by Crippen LogP contribution is -2.21. The van der Waals surface area contributed by atoms with Crippen LogP contribution >= 0.6 is 0 Å². The van der Waals surface area contributed by atoms with Crippen LogP contribution in [-0.2, 0) is 21.4 Å². The van der Waals surface area contributed by atoms with E-state index in [0.717, 1.165) is 5.56 Å². The van der Waals surface area contributed by atoms with Gasteiger partial charge in [-0.2, -0.15) is 0 Å². The molecule has 22 heavy (non-hydrogen) atoms. The van der Waals surface area contributed by atoms with Crippen LogP contribution in [0.2, 0.25) is 0 Å². The van der Waals surface area contributed by atoms with Gasteiger partial charge in [0.1, 0.15) is 0 Å². The number of sulfonamides is 1. The number of anilines is 1. The Kier molecular flexibility index (Phi) is 6.17. The minimum absolute atomic E-state index is 0.0323. The van der Waals surface area contributed by atoms with Crippen molar-refractivity contribution >= 4 is 21.6 Å². The van der Waals surface area contributed by atoms with Crippen LogP contribution in [0, 0.1) is 5.41 Å². The van der Waals surface area contributed by atoms with E-state index in [2.05, 4.69) is 10.0 Å². The maximum atomic E-state index is 11.7. The van der Waals surface area contributed by atoms with Gasteiger partial charge < -0.3 is 5.32 Å². The average Bonchev–Trinajstić information content (AvgIpc) is 2.43. The Morgan fingerprint density at radius 1 is 1.18 bits per heavy atom. The first-order chi connectivity index (χ1) is 10.1. The summed E-state index contributed by atoms with van der Waals surface area (Å²) in [7, 11) is -3.26. The zero-order valence-electron chi connectivity index (χ0n) is 13.5. The van der Waals surface area contributed by atoms with E-state index in [4.69, 9.17) is 0 Å². The first-order valence-corrected chi connectivity index (χ1v) is 8.83. The smallest absolute Gasteiger partial charge is 0.243 e. The van der Waals surface area contributed by atoms with Crippen molar-refractivity contribution in [3.05, 3.63) is 42.0 Å². The molecule has 6 heteroatoms. The van der Waals surface area contributed by atoms with E-state index < -0.39 is 10.0 Å². The van der Waals surface area contributed by atoms with Gasteiger partial charge in [0, 0.05) is 12.2 Å². The summed E-state index contributed by atoms with van der Waals surface area (Å²) in [5, 5.41) is 2.79. The summed E-state index contributed by atoms with van der Waals surface area (Å²) < 4.78 is 25.4. The van der Waals surface area contributed by atoms with E-state index in [-0.39, 0.29) is 17.1 Å². The molecule has 0 radical (unpaired) electrons. The first-order valence-electron chi connectivity index (χ1n) is 7.18. The lowest BCUT2D eigenvalue weighted by atomic mass is 9.96. The van der Waals surface area contributed by atoms with Crippen LogP contribution in [0.25, 0.3) is 0 Å². The Morgan fingerprint density at radius 3 is 2.27 bits per heavy atom. The third kappa shape index (κ3) is 7.26. The fraction of sp³-hybridized carbons (Fsp3) is 0.438. The van der Waals surface area contributed by atoms with E-state index in [0.29, 0.717) is 12.2 Å². The molecule has 1 aromatic carbocycles. The lowest BCUT2D eigenvalue weighted by Gasteiger charge is -2.11. The number of rotatable bonds is 6. The van der Waals surface area contributed by atoms with Gasteiger partial charge >= 0.3 is 0 Å². The largest absolute Gasteiger partial charge is 0.348 e. The number of amides is 1. The molecule has 0 saturated heterocycles. The second-order valence-electron chi connectivity index (χ2n) is 6.12. The van der Waals surface area contributed by atoms with Crippen molar-refractivity contribution in [2.24, 2.45) is 5.41 Å². The Balaban J connectivity index is 2.55. The fourth-order valence-electron chi connectivity index (χ4n) is 1.52. The van der Waals surface area contributed by atoms with Crippen molar-refractivity contribution in [1.29, 1.82) is 0 Å². The summed E-state index contributed by atoms with van der Waals surface area (Å²) in [4.78, 5) is 11.7. The van der Waals surface area contributed by atoms with E-state index >= 15 is 0 Å². The molecule has 0 saturated carbocycles. The fourth-order valence-corrected chi connectivity index (χ4v) is 2.16. The van der Waals surface area contributed by atoms with Crippen LogP contribution in [-0.4, -0.2) is 20.1 Å². The highest BCUT2D eigenvalue weighted by atomic mass is 32.2. The number of benzene rings is 1. The van der Waals surface area contributed by atoms with E-state index in [1.165, 1.54) is 6.08 Å². The highest BCUT2D eigenvalue weighted by molar-refractivity contribution is 7.92. The van der Waals surface area contributed by atoms with Crippen molar-refractivity contribution in [1.82, 2.24) is 5.32 Å². The summed E-state index contributed by atoms with van der Waals surface area (Å²) in [5.41, 5.74) is 1.39. The molecular formula is C16H24N2O3S. The van der Waals surface area contributed by atoms with Crippen LogP contribution in [0.3, 0.4) is 0 Å². The molecule has 0 aliphatic carbocycles. The number of carbonyl (C=O) groups excluding carboxylic acids is 1. The molecule has 0 fully saturated rings. The van der Waals surface area contributed by atoms with Crippen LogP contribution in [0.15, 0.2) is 36.4 Å². The Hall–Kier alpha value is -1.82. The van der Waals surface area contributed by atoms with Crippen molar-refractivity contribution < 1.29 is 13.2 Å². The van der Waals surface area contributed by atoms with Crippen molar-refractivity contribution in [2.45, 2.75) is 34.2 Å². The number of hydrogen-bond acceptors (Lipinski definition) is 3. The summed E-state index contributed by atoms with van der Waals surface area (Å²) >= 11 is 0. The van der Waals surface area contributed by atoms with Gasteiger partial charge in [-0.25, -0.2) is 8.42 Å². The molecule has 0 heterocycles. The monoisotopic (exact) mass is 324 g/mol. The minimum atomic E-state index is -3.26. The predicted octanol–water partition coefficient (Wildman–Crippen LogP) is 2.67. The highest BCUT2D eigenvalue weighted by Gasteiger charge is 2.07. The summed E-state index contributed by atoms with van der Waals surface area (Å²) in [5.74, 6) is -0.115. The molecule has 2 N–H and O–H groups in total. The second kappa shape index (κ2) is 7.45. The van der Waals surface area contributed by atoms with Crippen LogP contribution in [0.1, 0.15) is 33.3 Å². The normalized spacial score (nSPS) is 12.4. The zero-order chi connectivity index (χ0) is 16.8. The summed E-state index contributed by atoms with van der Waals surface area (Å²) in [6.45, 7) is 8.04. The van der Waals surface area contributed by atoms with Crippen molar-refractivity contribution in [3.63, 3.8) is 0 Å². The predicted molar refractivity (Wildman–Crippen MR) is 90.0 cm³/mol. The average molecular weight is 324 g/mol. The standard InChI is InChI=1S/C16H24N2O3S/c1-5-22(20,21)18-14-8-6-13(7-9-14)12-17-15(19)10-11-16(2,3)4/h6-11,18H,5,12H2,1-4H3,(H,17,19). The molecule has 1 aromatic rings. The molecule has 122 valence electrons. The van der Waals surface area contributed by atoms with Gasteiger partial charge in [-0.15, -0.1) is 0 Å². The molecule has 0 unspecified atom stereocenters. The van der Waals surface area contributed by atoms with Gasteiger partial charge in [0.15, 0.2) is 0 Å². The number of allylic oxidation sites excluding steroid dienone is 1. The Labute approximate surface area is 132 Å². The maximum Gasteiger partial charge on any atom is 0.243 e. The lowest BCUT2D eigenvalue weighted by molar-refractivity contribution is -0.116. The minimum Gasteiger partial charge on any atom is -0.348 e. The van der Waals surface area contributed by atoms with E-state index in [1.54, 1.807) is 31.2 Å². The van der Waals surface area contributed by atoms with Gasteiger partial charge in [-0.05, 0) is 36.1 Å². The third-order valence-corrected chi connectivity index (χ3v) is 4.12. The molecule has 1 amide bonds. The van der Waals surface area contributed by atoms with Gasteiger partial charge in [0.25, 0.3) is 0 Å².